The number of ketones is 2. The van der Waals surface area contributed by atoms with Gasteiger partial charge in [0, 0.05) is 55.7 Å². The van der Waals surface area contributed by atoms with E-state index in [0.29, 0.717) is 22.3 Å². The number of hydrogen-bond acceptors (Lipinski definition) is 2. The summed E-state index contributed by atoms with van der Waals surface area (Å²) in [7, 11) is 0. The monoisotopic (exact) mass is 752 g/mol. The highest BCUT2D eigenvalue weighted by atomic mass is 16.1. The summed E-state index contributed by atoms with van der Waals surface area (Å²) in [4.78, 5) is 30.0. The van der Waals surface area contributed by atoms with Crippen molar-refractivity contribution in [1.82, 2.24) is 0 Å². The van der Waals surface area contributed by atoms with Gasteiger partial charge < -0.3 is 0 Å². The van der Waals surface area contributed by atoms with Crippen LogP contribution in [0.2, 0.25) is 0 Å². The van der Waals surface area contributed by atoms with E-state index in [2.05, 4.69) is 42.2 Å². The third-order valence-electron chi connectivity index (χ3n) is 11.0. The van der Waals surface area contributed by atoms with E-state index in [1.54, 1.807) is 0 Å². The molecule has 0 aliphatic heterocycles. The van der Waals surface area contributed by atoms with E-state index in [1.165, 1.54) is 0 Å². The molecular formula is C57H36O2. The zero-order valence-corrected chi connectivity index (χ0v) is 32.4. The Bertz CT molecular complexity index is 3050. The predicted octanol–water partition coefficient (Wildman–Crippen LogP) is 12.2. The maximum Gasteiger partial charge on any atom is 0.195 e. The third kappa shape index (κ3) is 6.60. The van der Waals surface area contributed by atoms with Crippen molar-refractivity contribution in [2.24, 2.45) is 0 Å². The molecule has 0 fully saturated rings. The van der Waals surface area contributed by atoms with E-state index in [9.17, 15) is 4.79 Å². The van der Waals surface area contributed by atoms with Crippen molar-refractivity contribution in [3.8, 4) is 24.7 Å². The number of carbonyl (C=O) groups is 2. The van der Waals surface area contributed by atoms with Crippen LogP contribution in [-0.4, -0.2) is 11.6 Å². The number of rotatable bonds is 8. The number of aryl methyl sites for hydroxylation is 1. The molecule has 59 heavy (non-hydrogen) atoms. The van der Waals surface area contributed by atoms with Gasteiger partial charge in [-0.25, -0.2) is 0 Å². The Kier molecular flexibility index (Phi) is 9.60. The molecule has 0 bridgehead atoms. The lowest BCUT2D eigenvalue weighted by molar-refractivity contribution is -0.109. The van der Waals surface area contributed by atoms with E-state index in [1.807, 2.05) is 165 Å². The highest BCUT2D eigenvalue weighted by Gasteiger charge is 2.37. The summed E-state index contributed by atoms with van der Waals surface area (Å²) in [5.41, 5.74) is 15.0. The second-order valence-electron chi connectivity index (χ2n) is 14.7. The Morgan fingerprint density at radius 3 is 0.949 bits per heavy atom. The zero-order valence-electron chi connectivity index (χ0n) is 32.4. The van der Waals surface area contributed by atoms with E-state index in [-0.39, 0.29) is 11.6 Å². The van der Waals surface area contributed by atoms with Gasteiger partial charge in [0.2, 0.25) is 0 Å². The summed E-state index contributed by atoms with van der Waals surface area (Å²) in [5.74, 6) is 5.47. The first kappa shape index (κ1) is 36.6. The van der Waals surface area contributed by atoms with Crippen LogP contribution in [0.1, 0.15) is 61.2 Å². The average Bonchev–Trinajstić information content (AvgIpc) is 3.78. The molecule has 0 radical (unpaired) electrons. The van der Waals surface area contributed by atoms with Gasteiger partial charge in [0.05, 0.1) is 0 Å². The van der Waals surface area contributed by atoms with Gasteiger partial charge in [-0.15, -0.1) is 12.8 Å². The maximum absolute atomic E-state index is 15.1. The molecule has 0 N–H and O–H groups in total. The molecule has 7 aromatic rings. The maximum atomic E-state index is 15.1. The standard InChI is InChI=1S/C57H36O2/c1-4-38-19-16-28-46(35-38)50-48(52(40-21-9-6-10-22-40)56(58)53(50)41-23-11-7-12-24-41)43-30-32-44(33-31-43)49-51(47-29-17-20-39(5-2)36-47)54(42-25-13-8-14-26-42)57(59)55(49)45-27-15-18-37(3)34-45/h1-2,6-36H,3H3. The molecular weight excluding hydrogens is 717 g/mol. The van der Waals surface area contributed by atoms with Crippen LogP contribution in [0.5, 0.6) is 0 Å². The average molecular weight is 753 g/mol. The van der Waals surface area contributed by atoms with Crippen molar-refractivity contribution in [3.05, 3.63) is 249 Å². The highest BCUT2D eigenvalue weighted by molar-refractivity contribution is 6.60. The Balaban J connectivity index is 1.31. The number of benzene rings is 7. The molecule has 2 heteroatoms. The molecule has 0 unspecified atom stereocenters. The van der Waals surface area contributed by atoms with Crippen LogP contribution in [0.3, 0.4) is 0 Å². The van der Waals surface area contributed by atoms with Gasteiger partial charge in [0.15, 0.2) is 11.6 Å². The van der Waals surface area contributed by atoms with Gasteiger partial charge in [-0.2, -0.15) is 0 Å². The minimum Gasteiger partial charge on any atom is -0.289 e. The van der Waals surface area contributed by atoms with Crippen molar-refractivity contribution in [1.29, 1.82) is 0 Å². The van der Waals surface area contributed by atoms with Crippen LogP contribution in [0.4, 0.5) is 0 Å². The summed E-state index contributed by atoms with van der Waals surface area (Å²) in [6.07, 6.45) is 11.9. The van der Waals surface area contributed by atoms with Crippen LogP contribution in [0.15, 0.2) is 188 Å². The zero-order chi connectivity index (χ0) is 40.5. The summed E-state index contributed by atoms with van der Waals surface area (Å²) in [6, 6.07) is 61.6. The van der Waals surface area contributed by atoms with Gasteiger partial charge in [0.25, 0.3) is 0 Å². The van der Waals surface area contributed by atoms with Crippen molar-refractivity contribution < 1.29 is 9.59 Å². The van der Waals surface area contributed by atoms with E-state index in [4.69, 9.17) is 12.8 Å². The SMILES string of the molecule is C#Cc1cccc(C2=C(c3ccccc3)C(=O)C(c3ccccc3)=C2c2ccc(C3=C(c4cccc(C)c4)C(=O)C(c4ccccc4)=C3c3cccc(C#C)c3)cc2)c1. The topological polar surface area (TPSA) is 34.1 Å². The predicted molar refractivity (Wildman–Crippen MR) is 243 cm³/mol. The second kappa shape index (κ2) is 15.5. The van der Waals surface area contributed by atoms with E-state index >= 15 is 4.79 Å². The Hall–Kier alpha value is -8.04. The Morgan fingerprint density at radius 1 is 0.305 bits per heavy atom. The van der Waals surface area contributed by atoms with Gasteiger partial charge in [-0.1, -0.05) is 181 Å². The van der Waals surface area contributed by atoms with Gasteiger partial charge in [-0.3, -0.25) is 9.59 Å². The fourth-order valence-corrected chi connectivity index (χ4v) is 8.41. The highest BCUT2D eigenvalue weighted by Crippen LogP contribution is 2.52. The molecule has 7 aromatic carbocycles. The summed E-state index contributed by atoms with van der Waals surface area (Å²) < 4.78 is 0. The second-order valence-corrected chi connectivity index (χ2v) is 14.7. The quantitative estimate of drug-likeness (QED) is 0.145. The molecule has 0 amide bonds. The molecule has 2 aliphatic rings. The number of hydrogen-bond donors (Lipinski definition) is 0. The van der Waals surface area contributed by atoms with Crippen molar-refractivity contribution in [3.63, 3.8) is 0 Å². The normalized spacial score (nSPS) is 13.9. The smallest absolute Gasteiger partial charge is 0.195 e. The lowest BCUT2D eigenvalue weighted by Gasteiger charge is -2.17. The van der Waals surface area contributed by atoms with Crippen LogP contribution in [0.25, 0.3) is 44.6 Å². The first-order valence-electron chi connectivity index (χ1n) is 19.5. The van der Waals surface area contributed by atoms with Gasteiger partial charge in [0.1, 0.15) is 0 Å². The molecule has 2 aliphatic carbocycles. The number of Topliss-reactive ketones (excluding diaryl/α,β-unsaturated/α-hetero) is 2. The summed E-state index contributed by atoms with van der Waals surface area (Å²) >= 11 is 0. The molecule has 2 nitrogen and oxygen atoms in total. The summed E-state index contributed by atoms with van der Waals surface area (Å²) in [6.45, 7) is 2.04. The Labute approximate surface area is 345 Å². The minimum absolute atomic E-state index is 0.0523. The molecule has 0 atom stereocenters. The molecule has 0 aromatic heterocycles. The van der Waals surface area contributed by atoms with Crippen LogP contribution in [0, 0.1) is 31.6 Å². The Morgan fingerprint density at radius 2 is 0.593 bits per heavy atom. The van der Waals surface area contributed by atoms with Crippen molar-refractivity contribution in [2.75, 3.05) is 0 Å². The fraction of sp³-hybridized carbons (Fsp3) is 0.0175. The molecule has 276 valence electrons. The lowest BCUT2D eigenvalue weighted by Crippen LogP contribution is -2.02. The first-order chi connectivity index (χ1) is 28.9. The van der Waals surface area contributed by atoms with E-state index < -0.39 is 0 Å². The molecule has 0 heterocycles. The molecule has 0 saturated carbocycles. The van der Waals surface area contributed by atoms with Crippen LogP contribution < -0.4 is 0 Å². The third-order valence-corrected chi connectivity index (χ3v) is 11.0. The molecule has 9 rings (SSSR count). The van der Waals surface area contributed by atoms with Crippen molar-refractivity contribution >= 4 is 56.2 Å². The van der Waals surface area contributed by atoms with Crippen molar-refractivity contribution in [2.45, 2.75) is 6.92 Å². The lowest BCUT2D eigenvalue weighted by atomic mass is 9.86. The fourth-order valence-electron chi connectivity index (χ4n) is 8.41. The number of terminal acetylenes is 2. The van der Waals surface area contributed by atoms with Crippen LogP contribution >= 0.6 is 0 Å². The minimum atomic E-state index is -0.0560. The first-order valence-corrected chi connectivity index (χ1v) is 19.5. The molecule has 0 saturated heterocycles. The molecule has 0 spiro atoms. The van der Waals surface area contributed by atoms with E-state index in [0.717, 1.165) is 83.5 Å². The number of carbonyl (C=O) groups excluding carboxylic acids is 2. The van der Waals surface area contributed by atoms with Gasteiger partial charge in [-0.05, 0) is 75.7 Å². The van der Waals surface area contributed by atoms with Crippen LogP contribution in [-0.2, 0) is 9.59 Å². The van der Waals surface area contributed by atoms with Gasteiger partial charge >= 0.3 is 0 Å². The largest absolute Gasteiger partial charge is 0.289 e. The number of allylic oxidation sites excluding steroid dienone is 8. The summed E-state index contributed by atoms with van der Waals surface area (Å²) in [5, 5.41) is 0.